The molecule has 0 amide bonds. The third-order valence-corrected chi connectivity index (χ3v) is 3.31. The fraction of sp³-hybridized carbons (Fsp3) is 0.188. The van der Waals surface area contributed by atoms with Gasteiger partial charge in [0.1, 0.15) is 5.82 Å². The van der Waals surface area contributed by atoms with Gasteiger partial charge in [-0.2, -0.15) is 0 Å². The van der Waals surface area contributed by atoms with E-state index >= 15 is 0 Å². The van der Waals surface area contributed by atoms with Crippen molar-refractivity contribution >= 4 is 16.8 Å². The fourth-order valence-corrected chi connectivity index (χ4v) is 2.33. The van der Waals surface area contributed by atoms with Gasteiger partial charge >= 0.3 is 0 Å². The van der Waals surface area contributed by atoms with Crippen molar-refractivity contribution in [2.45, 2.75) is 19.3 Å². The third kappa shape index (κ3) is 3.65. The van der Waals surface area contributed by atoms with Crippen LogP contribution in [0.15, 0.2) is 48.5 Å². The first-order valence-electron chi connectivity index (χ1n) is 6.06. The third-order valence-electron chi connectivity index (χ3n) is 3.05. The first-order chi connectivity index (χ1) is 9.06. The first kappa shape index (κ1) is 13.8. The minimum Gasteiger partial charge on any atom is -0.281 e. The number of rotatable bonds is 4. The molecule has 0 fully saturated rings. The van der Waals surface area contributed by atoms with Crippen molar-refractivity contribution < 1.29 is 9.18 Å². The Labute approximate surface area is 117 Å². The minimum absolute atomic E-state index is 0.357. The summed E-state index contributed by atoms with van der Waals surface area (Å²) in [5.74, 6) is -0.871. The van der Waals surface area contributed by atoms with Crippen molar-refractivity contribution in [2.75, 3.05) is 0 Å². The predicted octanol–water partition coefficient (Wildman–Crippen LogP) is 4.23. The van der Waals surface area contributed by atoms with Gasteiger partial charge in [0.2, 0.25) is 5.24 Å². The lowest BCUT2D eigenvalue weighted by Gasteiger charge is -2.13. The Kier molecular flexibility index (Phi) is 4.33. The van der Waals surface area contributed by atoms with Crippen LogP contribution in [0.4, 0.5) is 4.39 Å². The highest BCUT2D eigenvalue weighted by molar-refractivity contribution is 6.64. The Morgan fingerprint density at radius 2 is 1.95 bits per heavy atom. The van der Waals surface area contributed by atoms with Gasteiger partial charge in [-0.3, -0.25) is 4.79 Å². The standard InChI is InChI=1S/C16H14ClFO/c1-11-4-2-5-12(8-11)9-15(16(17)19)13-6-3-7-14(18)10-13/h2-8,10,15H,9H2,1H3. The summed E-state index contributed by atoms with van der Waals surface area (Å²) in [6.07, 6.45) is 0.480. The lowest BCUT2D eigenvalue weighted by Crippen LogP contribution is -2.10. The zero-order chi connectivity index (χ0) is 13.8. The molecule has 0 radical (unpaired) electrons. The lowest BCUT2D eigenvalue weighted by atomic mass is 9.92. The molecule has 0 N–H and O–H groups in total. The van der Waals surface area contributed by atoms with Crippen LogP contribution in [0.1, 0.15) is 22.6 Å². The first-order valence-corrected chi connectivity index (χ1v) is 6.44. The van der Waals surface area contributed by atoms with Gasteiger partial charge in [0, 0.05) is 0 Å². The quantitative estimate of drug-likeness (QED) is 0.764. The molecule has 0 saturated carbocycles. The molecule has 2 aromatic rings. The number of halogens is 2. The van der Waals surface area contributed by atoms with Crippen molar-refractivity contribution in [3.8, 4) is 0 Å². The molecule has 0 bridgehead atoms. The van der Waals surface area contributed by atoms with Gasteiger partial charge in [-0.25, -0.2) is 4.39 Å². The van der Waals surface area contributed by atoms with Gasteiger partial charge in [0.25, 0.3) is 0 Å². The SMILES string of the molecule is Cc1cccc(CC(C(=O)Cl)c2cccc(F)c2)c1. The molecule has 1 atom stereocenters. The summed E-state index contributed by atoms with van der Waals surface area (Å²) >= 11 is 5.66. The maximum absolute atomic E-state index is 13.2. The average molecular weight is 277 g/mol. The molecule has 19 heavy (non-hydrogen) atoms. The van der Waals surface area contributed by atoms with E-state index in [2.05, 4.69) is 0 Å². The van der Waals surface area contributed by atoms with Crippen LogP contribution in [0, 0.1) is 12.7 Å². The summed E-state index contributed by atoms with van der Waals surface area (Å²) in [5.41, 5.74) is 2.75. The molecular weight excluding hydrogens is 263 g/mol. The van der Waals surface area contributed by atoms with Crippen molar-refractivity contribution in [1.29, 1.82) is 0 Å². The summed E-state index contributed by atoms with van der Waals surface area (Å²) in [5, 5.41) is -0.466. The molecule has 0 saturated heterocycles. The molecule has 2 rings (SSSR count). The van der Waals surface area contributed by atoms with Crippen molar-refractivity contribution in [2.24, 2.45) is 0 Å². The van der Waals surface area contributed by atoms with Gasteiger partial charge in [-0.1, -0.05) is 42.0 Å². The Hall–Kier alpha value is -1.67. The smallest absolute Gasteiger partial charge is 0.229 e. The second-order valence-corrected chi connectivity index (χ2v) is 4.98. The van der Waals surface area contributed by atoms with Gasteiger partial charge < -0.3 is 0 Å². The fourth-order valence-electron chi connectivity index (χ4n) is 2.13. The number of benzene rings is 2. The molecule has 1 nitrogen and oxygen atoms in total. The molecule has 0 heterocycles. The topological polar surface area (TPSA) is 17.1 Å². The highest BCUT2D eigenvalue weighted by Gasteiger charge is 2.19. The maximum atomic E-state index is 13.2. The van der Waals surface area contributed by atoms with Crippen LogP contribution in [0.2, 0.25) is 0 Å². The summed E-state index contributed by atoms with van der Waals surface area (Å²) in [4.78, 5) is 11.6. The maximum Gasteiger partial charge on any atom is 0.229 e. The minimum atomic E-state index is -0.515. The Morgan fingerprint density at radius 1 is 1.21 bits per heavy atom. The van der Waals surface area contributed by atoms with E-state index in [0.717, 1.165) is 11.1 Å². The van der Waals surface area contributed by atoms with E-state index in [1.165, 1.54) is 12.1 Å². The molecule has 0 aliphatic heterocycles. The zero-order valence-corrected chi connectivity index (χ0v) is 11.3. The lowest BCUT2D eigenvalue weighted by molar-refractivity contribution is -0.113. The highest BCUT2D eigenvalue weighted by atomic mass is 35.5. The Morgan fingerprint density at radius 3 is 2.58 bits per heavy atom. The molecule has 1 unspecified atom stereocenters. The van der Waals surface area contributed by atoms with Crippen molar-refractivity contribution in [1.82, 2.24) is 0 Å². The van der Waals surface area contributed by atoms with Crippen LogP contribution < -0.4 is 0 Å². The van der Waals surface area contributed by atoms with E-state index < -0.39 is 11.2 Å². The number of carbonyl (C=O) groups excluding carboxylic acids is 1. The van der Waals surface area contributed by atoms with E-state index in [1.54, 1.807) is 12.1 Å². The largest absolute Gasteiger partial charge is 0.281 e. The number of hydrogen-bond donors (Lipinski definition) is 0. The van der Waals surface area contributed by atoms with E-state index in [4.69, 9.17) is 11.6 Å². The van der Waals surface area contributed by atoms with Gasteiger partial charge in [0.15, 0.2) is 0 Å². The second kappa shape index (κ2) is 5.98. The molecule has 98 valence electrons. The molecule has 2 aromatic carbocycles. The van der Waals surface area contributed by atoms with E-state index in [0.29, 0.717) is 12.0 Å². The summed E-state index contributed by atoms with van der Waals surface area (Å²) < 4.78 is 13.2. The molecule has 0 aliphatic carbocycles. The van der Waals surface area contributed by atoms with Crippen molar-refractivity contribution in [3.63, 3.8) is 0 Å². The number of hydrogen-bond acceptors (Lipinski definition) is 1. The van der Waals surface area contributed by atoms with Crippen LogP contribution in [0.25, 0.3) is 0 Å². The molecule has 0 spiro atoms. The Balaban J connectivity index is 2.29. The number of carbonyl (C=O) groups is 1. The molecule has 0 aromatic heterocycles. The van der Waals surface area contributed by atoms with Crippen molar-refractivity contribution in [3.05, 3.63) is 71.0 Å². The van der Waals surface area contributed by atoms with Gasteiger partial charge in [-0.05, 0) is 48.2 Å². The summed E-state index contributed by atoms with van der Waals surface area (Å²) in [7, 11) is 0. The zero-order valence-electron chi connectivity index (χ0n) is 10.6. The molecule has 0 aliphatic rings. The average Bonchev–Trinajstić information content (AvgIpc) is 2.35. The monoisotopic (exact) mass is 276 g/mol. The van der Waals surface area contributed by atoms with Crippen LogP contribution >= 0.6 is 11.6 Å². The molecule has 3 heteroatoms. The van der Waals surface area contributed by atoms with Gasteiger partial charge in [-0.15, -0.1) is 0 Å². The van der Waals surface area contributed by atoms with E-state index in [1.807, 2.05) is 31.2 Å². The summed E-state index contributed by atoms with van der Waals surface area (Å²) in [6, 6.07) is 13.9. The van der Waals surface area contributed by atoms with Crippen LogP contribution in [-0.2, 0) is 11.2 Å². The second-order valence-electron chi connectivity index (χ2n) is 4.60. The van der Waals surface area contributed by atoms with Crippen LogP contribution in [-0.4, -0.2) is 5.24 Å². The van der Waals surface area contributed by atoms with Crippen LogP contribution in [0.3, 0.4) is 0 Å². The van der Waals surface area contributed by atoms with E-state index in [9.17, 15) is 9.18 Å². The normalized spacial score (nSPS) is 12.2. The van der Waals surface area contributed by atoms with Crippen LogP contribution in [0.5, 0.6) is 0 Å². The highest BCUT2D eigenvalue weighted by Crippen LogP contribution is 2.24. The Bertz CT molecular complexity index is 595. The summed E-state index contributed by atoms with van der Waals surface area (Å²) in [6.45, 7) is 1.99. The van der Waals surface area contributed by atoms with E-state index in [-0.39, 0.29) is 5.82 Å². The van der Waals surface area contributed by atoms with Gasteiger partial charge in [0.05, 0.1) is 5.92 Å². The molecular formula is C16H14ClFO. The number of aryl methyl sites for hydroxylation is 1. The predicted molar refractivity (Wildman–Crippen MR) is 74.9 cm³/mol.